The summed E-state index contributed by atoms with van der Waals surface area (Å²) in [5.41, 5.74) is 0. The van der Waals surface area contributed by atoms with Crippen molar-refractivity contribution in [3.8, 4) is 0 Å². The Morgan fingerprint density at radius 3 is 3.00 bits per heavy atom. The fraction of sp³-hybridized carbons (Fsp3) is 0.600. The first-order valence-corrected chi connectivity index (χ1v) is 7.12. The first kappa shape index (κ1) is 14.8. The highest BCUT2D eigenvalue weighted by Gasteiger charge is 2.29. The van der Waals surface area contributed by atoms with Crippen LogP contribution in [0.25, 0.3) is 0 Å². The Balaban J connectivity index is 1.84. The second-order valence-electron chi connectivity index (χ2n) is 5.42. The lowest BCUT2D eigenvalue weighted by atomic mass is 9.93. The van der Waals surface area contributed by atoms with Crippen molar-refractivity contribution in [3.63, 3.8) is 0 Å². The third-order valence-corrected chi connectivity index (χ3v) is 3.97. The Morgan fingerprint density at radius 1 is 1.55 bits per heavy atom. The van der Waals surface area contributed by atoms with Crippen molar-refractivity contribution in [2.45, 2.75) is 39.3 Å². The summed E-state index contributed by atoms with van der Waals surface area (Å²) < 4.78 is 5.18. The monoisotopic (exact) mass is 278 g/mol. The average Bonchev–Trinajstić information content (AvgIpc) is 2.97. The average molecular weight is 278 g/mol. The van der Waals surface area contributed by atoms with E-state index in [4.69, 9.17) is 4.42 Å². The van der Waals surface area contributed by atoms with Crippen molar-refractivity contribution in [2.75, 3.05) is 13.1 Å². The zero-order valence-corrected chi connectivity index (χ0v) is 12.1. The molecular formula is C15H22N2O3. The third-order valence-electron chi connectivity index (χ3n) is 3.97. The van der Waals surface area contributed by atoms with Crippen molar-refractivity contribution in [3.05, 3.63) is 24.2 Å². The summed E-state index contributed by atoms with van der Waals surface area (Å²) in [6.45, 7) is 5.49. The molecule has 1 aliphatic heterocycles. The fourth-order valence-corrected chi connectivity index (χ4v) is 2.59. The van der Waals surface area contributed by atoms with Gasteiger partial charge >= 0.3 is 0 Å². The number of carbonyl (C=O) groups is 2. The van der Waals surface area contributed by atoms with Gasteiger partial charge < -0.3 is 9.73 Å². The van der Waals surface area contributed by atoms with Gasteiger partial charge in [0.15, 0.2) is 0 Å². The smallest absolute Gasteiger partial charge is 0.237 e. The van der Waals surface area contributed by atoms with Crippen molar-refractivity contribution < 1.29 is 14.0 Å². The first-order chi connectivity index (χ1) is 9.58. The number of rotatable bonds is 5. The van der Waals surface area contributed by atoms with Crippen molar-refractivity contribution in [1.29, 1.82) is 0 Å². The minimum Gasteiger partial charge on any atom is -0.467 e. The number of Topliss-reactive ketones (excluding diaryl/α,β-unsaturated/α-hetero) is 1. The molecule has 1 aromatic heterocycles. The van der Waals surface area contributed by atoms with E-state index in [0.717, 1.165) is 25.1 Å². The van der Waals surface area contributed by atoms with Crippen LogP contribution in [-0.4, -0.2) is 35.7 Å². The van der Waals surface area contributed by atoms with E-state index in [1.165, 1.54) is 0 Å². The summed E-state index contributed by atoms with van der Waals surface area (Å²) in [5.74, 6) is 1.01. The zero-order chi connectivity index (χ0) is 14.5. The molecule has 20 heavy (non-hydrogen) atoms. The van der Waals surface area contributed by atoms with Crippen LogP contribution in [0.3, 0.4) is 0 Å². The summed E-state index contributed by atoms with van der Waals surface area (Å²) in [5, 5.41) is 2.87. The Morgan fingerprint density at radius 2 is 2.35 bits per heavy atom. The highest BCUT2D eigenvalue weighted by molar-refractivity contribution is 5.82. The van der Waals surface area contributed by atoms with E-state index in [2.05, 4.69) is 10.2 Å². The molecule has 0 saturated carbocycles. The van der Waals surface area contributed by atoms with E-state index >= 15 is 0 Å². The topological polar surface area (TPSA) is 62.6 Å². The van der Waals surface area contributed by atoms with Gasteiger partial charge in [-0.1, -0.05) is 0 Å². The van der Waals surface area contributed by atoms with Crippen LogP contribution in [-0.2, 0) is 16.1 Å². The predicted octanol–water partition coefficient (Wildman–Crippen LogP) is 1.59. The summed E-state index contributed by atoms with van der Waals surface area (Å²) >= 11 is 0. The van der Waals surface area contributed by atoms with Gasteiger partial charge in [-0.2, -0.15) is 0 Å². The van der Waals surface area contributed by atoms with Crippen LogP contribution >= 0.6 is 0 Å². The molecule has 1 fully saturated rings. The first-order valence-electron chi connectivity index (χ1n) is 7.12. The molecule has 2 heterocycles. The maximum atomic E-state index is 12.1. The number of ketones is 1. The molecule has 0 aromatic carbocycles. The Hall–Kier alpha value is -1.62. The molecule has 0 radical (unpaired) electrons. The highest BCUT2D eigenvalue weighted by Crippen LogP contribution is 2.19. The number of amides is 1. The van der Waals surface area contributed by atoms with Gasteiger partial charge in [0.1, 0.15) is 11.5 Å². The van der Waals surface area contributed by atoms with E-state index in [0.29, 0.717) is 13.1 Å². The highest BCUT2D eigenvalue weighted by atomic mass is 16.3. The molecule has 2 atom stereocenters. The van der Waals surface area contributed by atoms with Gasteiger partial charge in [-0.15, -0.1) is 0 Å². The van der Waals surface area contributed by atoms with Crippen molar-refractivity contribution in [2.24, 2.45) is 5.92 Å². The van der Waals surface area contributed by atoms with Gasteiger partial charge in [-0.05, 0) is 45.4 Å². The van der Waals surface area contributed by atoms with E-state index < -0.39 is 0 Å². The number of hydrogen-bond acceptors (Lipinski definition) is 4. The van der Waals surface area contributed by atoms with Gasteiger partial charge in [0.2, 0.25) is 5.91 Å². The predicted molar refractivity (Wildman–Crippen MR) is 75.0 cm³/mol. The second-order valence-corrected chi connectivity index (χ2v) is 5.42. The van der Waals surface area contributed by atoms with E-state index in [1.807, 2.05) is 13.0 Å². The van der Waals surface area contributed by atoms with Crippen LogP contribution in [0.5, 0.6) is 0 Å². The summed E-state index contributed by atoms with van der Waals surface area (Å²) in [7, 11) is 0. The van der Waals surface area contributed by atoms with Crippen LogP contribution < -0.4 is 5.32 Å². The molecular weight excluding hydrogens is 256 g/mol. The second kappa shape index (κ2) is 6.70. The van der Waals surface area contributed by atoms with E-state index in [-0.39, 0.29) is 23.7 Å². The molecule has 1 N–H and O–H groups in total. The largest absolute Gasteiger partial charge is 0.467 e. The van der Waals surface area contributed by atoms with Gasteiger partial charge in [0, 0.05) is 12.5 Å². The molecule has 0 spiro atoms. The molecule has 5 nitrogen and oxygen atoms in total. The number of nitrogens with one attached hydrogen (secondary N) is 1. The van der Waals surface area contributed by atoms with Gasteiger partial charge in [-0.3, -0.25) is 14.5 Å². The van der Waals surface area contributed by atoms with Crippen LogP contribution in [0.1, 0.15) is 32.4 Å². The molecule has 0 aliphatic carbocycles. The lowest BCUT2D eigenvalue weighted by molar-refractivity contribution is -0.129. The van der Waals surface area contributed by atoms with E-state index in [9.17, 15) is 9.59 Å². The molecule has 1 aromatic rings. The maximum Gasteiger partial charge on any atom is 0.237 e. The Kier molecular flexibility index (Phi) is 4.95. The molecule has 2 rings (SSSR count). The van der Waals surface area contributed by atoms with Crippen molar-refractivity contribution >= 4 is 11.7 Å². The van der Waals surface area contributed by atoms with Crippen LogP contribution in [0.15, 0.2) is 22.8 Å². The number of piperidine rings is 1. The standard InChI is InChI=1S/C15H22N2O3/c1-11(15(19)16-9-14-6-4-8-20-14)17-7-3-5-13(10-17)12(2)18/h4,6,8,11,13H,3,5,7,9-10H2,1-2H3,(H,16,19). The third kappa shape index (κ3) is 3.70. The van der Waals surface area contributed by atoms with Gasteiger partial charge in [0.25, 0.3) is 0 Å². The lowest BCUT2D eigenvalue weighted by Gasteiger charge is -2.35. The minimum atomic E-state index is -0.216. The van der Waals surface area contributed by atoms with E-state index in [1.54, 1.807) is 19.3 Å². The molecule has 1 aliphatic rings. The zero-order valence-electron chi connectivity index (χ0n) is 12.1. The minimum absolute atomic E-state index is 0.0226. The summed E-state index contributed by atoms with van der Waals surface area (Å²) in [6, 6.07) is 3.41. The van der Waals surface area contributed by atoms with Crippen LogP contribution in [0, 0.1) is 5.92 Å². The summed E-state index contributed by atoms with van der Waals surface area (Å²) in [6.07, 6.45) is 3.50. The SMILES string of the molecule is CC(=O)C1CCCN(C(C)C(=O)NCc2ccco2)C1. The normalized spacial score (nSPS) is 21.4. The molecule has 0 bridgehead atoms. The number of carbonyl (C=O) groups excluding carboxylic acids is 2. The van der Waals surface area contributed by atoms with Gasteiger partial charge in [0.05, 0.1) is 18.8 Å². The Labute approximate surface area is 119 Å². The molecule has 5 heteroatoms. The maximum absolute atomic E-state index is 12.1. The molecule has 110 valence electrons. The van der Waals surface area contributed by atoms with Crippen LogP contribution in [0.2, 0.25) is 0 Å². The van der Waals surface area contributed by atoms with Crippen molar-refractivity contribution in [1.82, 2.24) is 10.2 Å². The fourth-order valence-electron chi connectivity index (χ4n) is 2.59. The number of nitrogens with zero attached hydrogens (tertiary/aromatic N) is 1. The molecule has 1 amide bonds. The number of furan rings is 1. The van der Waals surface area contributed by atoms with Gasteiger partial charge in [-0.25, -0.2) is 0 Å². The summed E-state index contributed by atoms with van der Waals surface area (Å²) in [4.78, 5) is 25.7. The quantitative estimate of drug-likeness (QED) is 0.888. The number of hydrogen-bond donors (Lipinski definition) is 1. The number of likely N-dealkylation sites (tertiary alicyclic amines) is 1. The van der Waals surface area contributed by atoms with Crippen LogP contribution in [0.4, 0.5) is 0 Å². The lowest BCUT2D eigenvalue weighted by Crippen LogP contribution is -2.49. The molecule has 1 saturated heterocycles. The molecule has 2 unspecified atom stereocenters. The Bertz CT molecular complexity index is 456.